The maximum absolute atomic E-state index is 14.9. The lowest BCUT2D eigenvalue weighted by atomic mass is 9.89. The van der Waals surface area contributed by atoms with E-state index in [1.807, 2.05) is 0 Å². The van der Waals surface area contributed by atoms with Gasteiger partial charge < -0.3 is 4.90 Å². The van der Waals surface area contributed by atoms with Gasteiger partial charge in [0.2, 0.25) is 0 Å². The van der Waals surface area contributed by atoms with Crippen molar-refractivity contribution in [3.8, 4) is 11.3 Å². The van der Waals surface area contributed by atoms with E-state index in [2.05, 4.69) is 10.3 Å². The normalized spacial score (nSPS) is 17.0. The zero-order valence-corrected chi connectivity index (χ0v) is 15.4. The Hall–Kier alpha value is -3.30. The zero-order chi connectivity index (χ0) is 21.5. The molecular weight excluding hydrogens is 407 g/mol. The number of halogens is 5. The van der Waals surface area contributed by atoms with E-state index < -0.39 is 37.0 Å². The Morgan fingerprint density at radius 3 is 2.33 bits per heavy atom. The van der Waals surface area contributed by atoms with Crippen molar-refractivity contribution in [2.75, 3.05) is 11.4 Å². The Bertz CT molecular complexity index is 1060. The maximum atomic E-state index is 14.9. The number of fused-ring (bicyclic) bond motifs is 1. The number of carbonyl (C=O) groups is 1. The predicted octanol–water partition coefficient (Wildman–Crippen LogP) is 4.58. The van der Waals surface area contributed by atoms with Gasteiger partial charge in [0.1, 0.15) is 5.69 Å². The van der Waals surface area contributed by atoms with Gasteiger partial charge in [-0.25, -0.2) is 0 Å². The fraction of sp³-hybridized carbons (Fsp3) is 0.250. The molecule has 0 radical (unpaired) electrons. The number of hydrogen-bond donors (Lipinski definition) is 0. The van der Waals surface area contributed by atoms with Crippen LogP contribution in [0.2, 0.25) is 0 Å². The number of alkyl halides is 5. The summed E-state index contributed by atoms with van der Waals surface area (Å²) in [6.45, 7) is -0.490. The monoisotopic (exact) mass is 422 g/mol. The van der Waals surface area contributed by atoms with Crippen LogP contribution in [-0.4, -0.2) is 33.6 Å². The Balaban J connectivity index is 1.66. The van der Waals surface area contributed by atoms with E-state index in [0.29, 0.717) is 10.5 Å². The first-order chi connectivity index (χ1) is 14.2. The molecule has 1 aliphatic heterocycles. The van der Waals surface area contributed by atoms with Crippen molar-refractivity contribution in [2.45, 2.75) is 24.6 Å². The van der Waals surface area contributed by atoms with Gasteiger partial charge in [-0.2, -0.15) is 26.6 Å². The van der Waals surface area contributed by atoms with Crippen molar-refractivity contribution < 1.29 is 26.7 Å². The zero-order valence-electron chi connectivity index (χ0n) is 15.4. The number of para-hydroxylation sites is 1. The number of aromatic nitrogens is 3. The number of carbonyl (C=O) groups excluding carboxylic acids is 1. The van der Waals surface area contributed by atoms with Gasteiger partial charge in [-0.3, -0.25) is 4.79 Å². The third-order valence-electron chi connectivity index (χ3n) is 4.99. The summed E-state index contributed by atoms with van der Waals surface area (Å²) in [5.74, 6) is -3.48. The molecule has 1 unspecified atom stereocenters. The summed E-state index contributed by atoms with van der Waals surface area (Å²) in [5.41, 5.74) is 0.283. The van der Waals surface area contributed by atoms with E-state index in [9.17, 15) is 26.7 Å². The largest absolute Gasteiger partial charge is 0.424 e. The van der Waals surface area contributed by atoms with E-state index in [4.69, 9.17) is 0 Å². The lowest BCUT2D eigenvalue weighted by molar-refractivity contribution is -0.163. The Morgan fingerprint density at radius 1 is 0.967 bits per heavy atom. The van der Waals surface area contributed by atoms with Crippen LogP contribution in [0.1, 0.15) is 17.9 Å². The van der Waals surface area contributed by atoms with E-state index >= 15 is 0 Å². The molecular formula is C20H15F5N4O. The van der Waals surface area contributed by atoms with Crippen molar-refractivity contribution in [2.24, 2.45) is 0 Å². The van der Waals surface area contributed by atoms with Gasteiger partial charge in [0.05, 0.1) is 12.1 Å². The lowest BCUT2D eigenvalue weighted by Crippen LogP contribution is -2.49. The standard InChI is InChI=1S/C20H15F5N4O/c21-19(22,23)15-10-11-28(17-9-5-4-8-14(15)17)18(30)20(24,25)29-12-16(26-27-29)13-6-2-1-3-7-13/h1-9,12,15H,10-11H2. The summed E-state index contributed by atoms with van der Waals surface area (Å²) in [4.78, 5) is 13.4. The smallest absolute Gasteiger partial charge is 0.305 e. The number of amides is 1. The molecule has 0 fully saturated rings. The van der Waals surface area contributed by atoms with Gasteiger partial charge in [-0.05, 0) is 18.1 Å². The molecule has 2 aromatic carbocycles. The first-order valence-electron chi connectivity index (χ1n) is 9.03. The van der Waals surface area contributed by atoms with E-state index in [1.165, 1.54) is 24.3 Å². The topological polar surface area (TPSA) is 51.0 Å². The highest BCUT2D eigenvalue weighted by atomic mass is 19.4. The Kier molecular flexibility index (Phi) is 4.79. The molecule has 156 valence electrons. The van der Waals surface area contributed by atoms with Gasteiger partial charge in [0.15, 0.2) is 0 Å². The van der Waals surface area contributed by atoms with Crippen LogP contribution < -0.4 is 4.90 Å². The number of hydrogen-bond acceptors (Lipinski definition) is 3. The molecule has 1 amide bonds. The molecule has 1 atom stereocenters. The average molecular weight is 422 g/mol. The van der Waals surface area contributed by atoms with Crippen LogP contribution in [0.5, 0.6) is 0 Å². The van der Waals surface area contributed by atoms with E-state index in [0.717, 1.165) is 6.20 Å². The van der Waals surface area contributed by atoms with E-state index in [1.54, 1.807) is 30.3 Å². The highest BCUT2D eigenvalue weighted by molar-refractivity contribution is 5.98. The van der Waals surface area contributed by atoms with Gasteiger partial charge >= 0.3 is 18.1 Å². The van der Waals surface area contributed by atoms with Gasteiger partial charge in [-0.15, -0.1) is 5.10 Å². The van der Waals surface area contributed by atoms with Crippen molar-refractivity contribution in [1.82, 2.24) is 15.0 Å². The van der Waals surface area contributed by atoms with Crippen molar-refractivity contribution in [1.29, 1.82) is 0 Å². The summed E-state index contributed by atoms with van der Waals surface area (Å²) in [6.07, 6.45) is -4.11. The predicted molar refractivity (Wildman–Crippen MR) is 97.9 cm³/mol. The summed E-state index contributed by atoms with van der Waals surface area (Å²) in [6, 6.07) is 9.52. The van der Waals surface area contributed by atoms with Crippen molar-refractivity contribution in [3.05, 3.63) is 66.4 Å². The second-order valence-electron chi connectivity index (χ2n) is 6.85. The van der Waals surface area contributed by atoms with Crippen LogP contribution >= 0.6 is 0 Å². The molecule has 1 aromatic heterocycles. The number of anilines is 1. The van der Waals surface area contributed by atoms with Crippen molar-refractivity contribution in [3.63, 3.8) is 0 Å². The summed E-state index contributed by atoms with van der Waals surface area (Å²) in [5, 5.41) is 7.06. The second-order valence-corrected chi connectivity index (χ2v) is 6.85. The highest BCUT2D eigenvalue weighted by Crippen LogP contribution is 2.45. The average Bonchev–Trinajstić information content (AvgIpc) is 3.23. The molecule has 0 saturated heterocycles. The molecule has 0 saturated carbocycles. The quantitative estimate of drug-likeness (QED) is 0.581. The molecule has 30 heavy (non-hydrogen) atoms. The minimum absolute atomic E-state index is 0.135. The first kappa shape index (κ1) is 20.0. The molecule has 0 N–H and O–H groups in total. The molecule has 4 rings (SSSR count). The minimum Gasteiger partial charge on any atom is -0.305 e. The van der Waals surface area contributed by atoms with Crippen LogP contribution in [0.3, 0.4) is 0 Å². The first-order valence-corrected chi connectivity index (χ1v) is 9.03. The molecule has 5 nitrogen and oxygen atoms in total. The molecule has 0 spiro atoms. The van der Waals surface area contributed by atoms with Gasteiger partial charge in [-0.1, -0.05) is 53.7 Å². The third-order valence-corrected chi connectivity index (χ3v) is 4.99. The minimum atomic E-state index is -4.54. The second kappa shape index (κ2) is 7.19. The van der Waals surface area contributed by atoms with Gasteiger partial charge in [0, 0.05) is 17.8 Å². The number of benzene rings is 2. The fourth-order valence-electron chi connectivity index (χ4n) is 3.52. The molecule has 0 bridgehead atoms. The summed E-state index contributed by atoms with van der Waals surface area (Å²) < 4.78 is 70.0. The van der Waals surface area contributed by atoms with Crippen LogP contribution in [-0.2, 0) is 10.8 Å². The SMILES string of the molecule is O=C(N1CCC(C(F)(F)F)c2ccccc21)C(F)(F)n1cc(-c2ccccc2)nn1. The van der Waals surface area contributed by atoms with Crippen LogP contribution in [0.25, 0.3) is 11.3 Å². The number of rotatable bonds is 3. The lowest BCUT2D eigenvalue weighted by Gasteiger charge is -2.36. The molecule has 2 heterocycles. The molecule has 3 aromatic rings. The highest BCUT2D eigenvalue weighted by Gasteiger charge is 2.50. The Morgan fingerprint density at radius 2 is 1.63 bits per heavy atom. The van der Waals surface area contributed by atoms with Crippen LogP contribution in [0, 0.1) is 0 Å². The summed E-state index contributed by atoms with van der Waals surface area (Å²) >= 11 is 0. The number of nitrogens with zero attached hydrogens (tertiary/aromatic N) is 4. The van der Waals surface area contributed by atoms with Crippen LogP contribution in [0.4, 0.5) is 27.6 Å². The molecule has 1 aliphatic rings. The molecule has 0 aliphatic carbocycles. The van der Waals surface area contributed by atoms with Crippen molar-refractivity contribution >= 4 is 11.6 Å². The Labute approximate surface area is 167 Å². The summed E-state index contributed by atoms with van der Waals surface area (Å²) in [7, 11) is 0. The third kappa shape index (κ3) is 3.42. The van der Waals surface area contributed by atoms with Gasteiger partial charge in [0.25, 0.3) is 0 Å². The fourth-order valence-corrected chi connectivity index (χ4v) is 3.52. The van der Waals surface area contributed by atoms with E-state index in [-0.39, 0.29) is 21.6 Å². The molecule has 10 heteroatoms. The van der Waals surface area contributed by atoms with Crippen LogP contribution in [0.15, 0.2) is 60.8 Å². The maximum Gasteiger partial charge on any atom is 0.424 e.